The second-order valence-corrected chi connectivity index (χ2v) is 6.85. The van der Waals surface area contributed by atoms with Gasteiger partial charge in [0.05, 0.1) is 11.5 Å². The highest BCUT2D eigenvalue weighted by atomic mass is 32.1. The van der Waals surface area contributed by atoms with Crippen LogP contribution in [0.4, 0.5) is 4.39 Å². The number of aromatic nitrogens is 1. The standard InChI is InChI=1S/C19H18FN3OS/c1-12-5-4-8-23(11-12)17-16(13-6-3-7-14(20)9-13)15(10-21)18(25)22-19(17,2)24/h3-9,11,16-17,21,24H,1-2H3/p+1/t16-,17+,19+/m0/s1. The SMILES string of the molecule is Cc1ccc[n+]([C@@H]2[C@@H](c3cccc(F)c3)C(=C=N)C(=S)N[C@]2(C)O)c1. The molecule has 128 valence electrons. The summed E-state index contributed by atoms with van der Waals surface area (Å²) in [4.78, 5) is 0.249. The first kappa shape index (κ1) is 17.4. The van der Waals surface area contributed by atoms with E-state index in [9.17, 15) is 9.50 Å². The van der Waals surface area contributed by atoms with Crippen molar-refractivity contribution in [3.63, 3.8) is 0 Å². The molecule has 0 unspecified atom stereocenters. The number of hydrogen-bond acceptors (Lipinski definition) is 3. The molecule has 0 amide bonds. The number of hydrogen-bond donors (Lipinski definition) is 3. The van der Waals surface area contributed by atoms with Gasteiger partial charge in [-0.2, -0.15) is 4.57 Å². The fraction of sp³-hybridized carbons (Fsp3) is 0.263. The Hall–Kier alpha value is -2.40. The minimum atomic E-state index is -1.38. The molecular weight excluding hydrogens is 337 g/mol. The number of thiocarbonyl (C=S) groups is 1. The summed E-state index contributed by atoms with van der Waals surface area (Å²) in [6.45, 7) is 3.59. The number of benzene rings is 1. The summed E-state index contributed by atoms with van der Waals surface area (Å²) in [6, 6.07) is 9.47. The Morgan fingerprint density at radius 2 is 2.12 bits per heavy atom. The minimum Gasteiger partial charge on any atom is -0.366 e. The van der Waals surface area contributed by atoms with Crippen LogP contribution in [-0.4, -0.2) is 21.7 Å². The van der Waals surface area contributed by atoms with Crippen LogP contribution in [0.15, 0.2) is 54.4 Å². The lowest BCUT2D eigenvalue weighted by atomic mass is 9.77. The quantitative estimate of drug-likeness (QED) is 0.335. The second-order valence-electron chi connectivity index (χ2n) is 6.45. The fourth-order valence-corrected chi connectivity index (χ4v) is 3.81. The fourth-order valence-electron chi connectivity index (χ4n) is 3.43. The number of nitrogens with one attached hydrogen (secondary N) is 2. The second kappa shape index (κ2) is 6.48. The molecule has 3 N–H and O–H groups in total. The predicted octanol–water partition coefficient (Wildman–Crippen LogP) is 2.56. The average molecular weight is 356 g/mol. The zero-order valence-electron chi connectivity index (χ0n) is 14.0. The van der Waals surface area contributed by atoms with Gasteiger partial charge in [-0.3, -0.25) is 5.41 Å². The summed E-state index contributed by atoms with van der Waals surface area (Å²) >= 11 is 5.32. The van der Waals surface area contributed by atoms with Crippen molar-refractivity contribution in [3.05, 3.63) is 71.3 Å². The van der Waals surface area contributed by atoms with Crippen molar-refractivity contribution in [2.45, 2.75) is 31.5 Å². The van der Waals surface area contributed by atoms with Gasteiger partial charge < -0.3 is 10.4 Å². The van der Waals surface area contributed by atoms with Crippen LogP contribution in [-0.2, 0) is 0 Å². The maximum absolute atomic E-state index is 13.8. The number of piperidine rings is 1. The molecule has 1 fully saturated rings. The Labute approximate surface area is 151 Å². The highest BCUT2D eigenvalue weighted by Crippen LogP contribution is 2.41. The first-order valence-corrected chi connectivity index (χ1v) is 8.31. The predicted molar refractivity (Wildman–Crippen MR) is 97.1 cm³/mol. The number of nitrogens with zero attached hydrogens (tertiary/aromatic N) is 1. The van der Waals surface area contributed by atoms with E-state index >= 15 is 0 Å². The van der Waals surface area contributed by atoms with Crippen LogP contribution in [0, 0.1) is 18.2 Å². The molecule has 0 saturated carbocycles. The average Bonchev–Trinajstić information content (AvgIpc) is 2.53. The minimum absolute atomic E-state index is 0.249. The van der Waals surface area contributed by atoms with Gasteiger partial charge in [-0.15, -0.1) is 0 Å². The Bertz CT molecular complexity index is 890. The summed E-state index contributed by atoms with van der Waals surface area (Å²) in [5.74, 6) is 1.50. The summed E-state index contributed by atoms with van der Waals surface area (Å²) < 4.78 is 15.7. The normalized spacial score (nSPS) is 26.1. The third kappa shape index (κ3) is 3.24. The molecule has 1 aliphatic rings. The van der Waals surface area contributed by atoms with Crippen LogP contribution in [0.1, 0.15) is 30.0 Å². The largest absolute Gasteiger partial charge is 0.366 e. The van der Waals surface area contributed by atoms with E-state index in [1.165, 1.54) is 12.1 Å². The Kier molecular flexibility index (Phi) is 4.52. The van der Waals surface area contributed by atoms with Crippen molar-refractivity contribution in [1.29, 1.82) is 5.41 Å². The van der Waals surface area contributed by atoms with Crippen LogP contribution < -0.4 is 9.88 Å². The van der Waals surface area contributed by atoms with Crippen LogP contribution in [0.25, 0.3) is 0 Å². The van der Waals surface area contributed by atoms with Gasteiger partial charge in [-0.05, 0) is 43.5 Å². The lowest BCUT2D eigenvalue weighted by Gasteiger charge is -2.40. The van der Waals surface area contributed by atoms with Crippen molar-refractivity contribution in [2.24, 2.45) is 0 Å². The third-order valence-electron chi connectivity index (χ3n) is 4.45. The number of halogens is 1. The number of pyridine rings is 1. The Balaban J connectivity index is 2.25. The zero-order valence-corrected chi connectivity index (χ0v) is 14.8. The first-order valence-electron chi connectivity index (χ1n) is 7.91. The summed E-state index contributed by atoms with van der Waals surface area (Å²) in [7, 11) is 0. The van der Waals surface area contributed by atoms with Gasteiger partial charge in [0.25, 0.3) is 0 Å². The Morgan fingerprint density at radius 1 is 1.36 bits per heavy atom. The van der Waals surface area contributed by atoms with E-state index in [-0.39, 0.29) is 10.8 Å². The van der Waals surface area contributed by atoms with E-state index in [1.54, 1.807) is 19.1 Å². The van der Waals surface area contributed by atoms with E-state index in [0.717, 1.165) is 5.56 Å². The van der Waals surface area contributed by atoms with Crippen LogP contribution in [0.2, 0.25) is 0 Å². The van der Waals surface area contributed by atoms with Crippen molar-refractivity contribution in [3.8, 4) is 0 Å². The lowest BCUT2D eigenvalue weighted by Crippen LogP contribution is -2.66. The van der Waals surface area contributed by atoms with Gasteiger partial charge in [-0.1, -0.05) is 24.4 Å². The van der Waals surface area contributed by atoms with E-state index in [1.807, 2.05) is 36.0 Å². The number of rotatable bonds is 2. The topological polar surface area (TPSA) is 60.0 Å². The van der Waals surface area contributed by atoms with Gasteiger partial charge in [-0.25, -0.2) is 4.39 Å². The van der Waals surface area contributed by atoms with E-state index in [4.69, 9.17) is 17.6 Å². The lowest BCUT2D eigenvalue weighted by molar-refractivity contribution is -0.740. The van der Waals surface area contributed by atoms with Crippen LogP contribution in [0.3, 0.4) is 0 Å². The molecule has 1 aromatic carbocycles. The molecule has 4 nitrogen and oxygen atoms in total. The highest BCUT2D eigenvalue weighted by molar-refractivity contribution is 7.80. The molecular formula is C19H19FN3OS+. The molecule has 0 aliphatic carbocycles. The highest BCUT2D eigenvalue weighted by Gasteiger charge is 2.52. The van der Waals surface area contributed by atoms with E-state index in [0.29, 0.717) is 11.1 Å². The van der Waals surface area contributed by atoms with Crippen LogP contribution >= 0.6 is 12.2 Å². The molecule has 0 radical (unpaired) electrons. The summed E-state index contributed by atoms with van der Waals surface area (Å²) in [5.41, 5.74) is 0.696. The maximum atomic E-state index is 13.8. The van der Waals surface area contributed by atoms with Gasteiger partial charge in [0, 0.05) is 11.6 Å². The molecule has 0 spiro atoms. The van der Waals surface area contributed by atoms with Crippen LogP contribution in [0.5, 0.6) is 0 Å². The summed E-state index contributed by atoms with van der Waals surface area (Å²) in [5, 5.41) is 21.6. The number of aryl methyl sites for hydroxylation is 1. The molecule has 6 heteroatoms. The van der Waals surface area contributed by atoms with Gasteiger partial charge in [0.1, 0.15) is 10.8 Å². The van der Waals surface area contributed by atoms with Crippen molar-refractivity contribution < 1.29 is 14.1 Å². The molecule has 0 bridgehead atoms. The van der Waals surface area contributed by atoms with E-state index < -0.39 is 17.7 Å². The zero-order chi connectivity index (χ0) is 18.2. The molecule has 25 heavy (non-hydrogen) atoms. The smallest absolute Gasteiger partial charge is 0.216 e. The summed E-state index contributed by atoms with van der Waals surface area (Å²) in [6.07, 6.45) is 3.75. The first-order chi connectivity index (χ1) is 11.8. The number of aliphatic hydroxyl groups is 1. The maximum Gasteiger partial charge on any atom is 0.216 e. The van der Waals surface area contributed by atoms with Gasteiger partial charge in [0.2, 0.25) is 6.04 Å². The van der Waals surface area contributed by atoms with Gasteiger partial charge in [0.15, 0.2) is 18.1 Å². The molecule has 1 saturated heterocycles. The monoisotopic (exact) mass is 356 g/mol. The molecule has 1 aromatic heterocycles. The Morgan fingerprint density at radius 3 is 2.76 bits per heavy atom. The van der Waals surface area contributed by atoms with Crippen molar-refractivity contribution in [2.75, 3.05) is 0 Å². The third-order valence-corrected chi connectivity index (χ3v) is 4.77. The molecule has 2 heterocycles. The molecule has 3 rings (SSSR count). The molecule has 1 aliphatic heterocycles. The molecule has 2 aromatic rings. The van der Waals surface area contributed by atoms with Crippen molar-refractivity contribution in [1.82, 2.24) is 5.32 Å². The van der Waals surface area contributed by atoms with E-state index in [2.05, 4.69) is 11.2 Å². The van der Waals surface area contributed by atoms with Crippen molar-refractivity contribution >= 4 is 23.1 Å². The van der Waals surface area contributed by atoms with Gasteiger partial charge >= 0.3 is 0 Å². The molecule has 3 atom stereocenters.